The van der Waals surface area contributed by atoms with Gasteiger partial charge in [0.05, 0.1) is 10.6 Å². The van der Waals surface area contributed by atoms with Crippen molar-refractivity contribution in [3.63, 3.8) is 0 Å². The third-order valence-corrected chi connectivity index (χ3v) is 3.61. The maximum atomic E-state index is 12.0. The summed E-state index contributed by atoms with van der Waals surface area (Å²) in [6.45, 7) is 4.48. The Morgan fingerprint density at radius 2 is 2.20 bits per heavy atom. The Hall–Kier alpha value is -1.95. The summed E-state index contributed by atoms with van der Waals surface area (Å²) in [6, 6.07) is 3.38. The molecule has 1 fully saturated rings. The van der Waals surface area contributed by atoms with E-state index in [-0.39, 0.29) is 17.6 Å². The number of hydrogen-bond acceptors (Lipinski definition) is 4. The molecule has 108 valence electrons. The van der Waals surface area contributed by atoms with E-state index in [1.165, 1.54) is 6.07 Å². The van der Waals surface area contributed by atoms with Crippen molar-refractivity contribution in [1.82, 2.24) is 5.32 Å². The Morgan fingerprint density at radius 1 is 1.45 bits per heavy atom. The van der Waals surface area contributed by atoms with Crippen molar-refractivity contribution in [3.05, 3.63) is 33.4 Å². The summed E-state index contributed by atoms with van der Waals surface area (Å²) in [5.41, 5.74) is 1.99. The number of nitrogens with one attached hydrogen (secondary N) is 2. The van der Waals surface area contributed by atoms with Crippen LogP contribution in [0.1, 0.15) is 30.4 Å². The molecule has 20 heavy (non-hydrogen) atoms. The summed E-state index contributed by atoms with van der Waals surface area (Å²) in [7, 11) is 0. The van der Waals surface area contributed by atoms with Gasteiger partial charge in [-0.3, -0.25) is 14.9 Å². The van der Waals surface area contributed by atoms with E-state index in [9.17, 15) is 14.9 Å². The fraction of sp³-hybridized carbons (Fsp3) is 0.500. The lowest BCUT2D eigenvalue weighted by Crippen LogP contribution is -2.27. The van der Waals surface area contributed by atoms with Crippen LogP contribution in [0.15, 0.2) is 12.1 Å². The monoisotopic (exact) mass is 277 g/mol. The van der Waals surface area contributed by atoms with E-state index in [0.717, 1.165) is 24.9 Å². The van der Waals surface area contributed by atoms with Crippen LogP contribution in [0.5, 0.6) is 0 Å². The number of nitro groups is 1. The van der Waals surface area contributed by atoms with Gasteiger partial charge in [-0.25, -0.2) is 0 Å². The molecule has 1 aromatic rings. The van der Waals surface area contributed by atoms with Crippen molar-refractivity contribution in [2.24, 2.45) is 0 Å². The minimum Gasteiger partial charge on any atom is -0.326 e. The standard InChI is InChI=1S/C14H19N3O3/c1-9-6-10(2)13(17(19)20)8-12(9)16-14(18)7-11-4-3-5-15-11/h6,8,11,15H,3-5,7H2,1-2H3,(H,16,18). The molecular weight excluding hydrogens is 258 g/mol. The smallest absolute Gasteiger partial charge is 0.274 e. The number of nitrogens with zero attached hydrogens (tertiary/aromatic N) is 1. The number of carbonyl (C=O) groups is 1. The summed E-state index contributed by atoms with van der Waals surface area (Å²) in [5, 5.41) is 17.0. The Kier molecular flexibility index (Phi) is 4.34. The van der Waals surface area contributed by atoms with Gasteiger partial charge in [0.15, 0.2) is 0 Å². The molecule has 6 heteroatoms. The van der Waals surface area contributed by atoms with Crippen molar-refractivity contribution in [2.45, 2.75) is 39.2 Å². The van der Waals surface area contributed by atoms with Crippen LogP contribution in [0.3, 0.4) is 0 Å². The predicted molar refractivity (Wildman–Crippen MR) is 76.8 cm³/mol. The second kappa shape index (κ2) is 6.00. The molecular formula is C14H19N3O3. The van der Waals surface area contributed by atoms with Crippen molar-refractivity contribution in [1.29, 1.82) is 0 Å². The number of amides is 1. The van der Waals surface area contributed by atoms with Gasteiger partial charge in [0.2, 0.25) is 5.91 Å². The zero-order valence-electron chi connectivity index (χ0n) is 11.7. The molecule has 0 radical (unpaired) electrons. The molecule has 1 atom stereocenters. The van der Waals surface area contributed by atoms with E-state index in [4.69, 9.17) is 0 Å². The zero-order valence-corrected chi connectivity index (χ0v) is 11.7. The molecule has 0 spiro atoms. The summed E-state index contributed by atoms with van der Waals surface area (Å²) < 4.78 is 0. The number of nitro benzene ring substituents is 1. The molecule has 0 aliphatic carbocycles. The summed E-state index contributed by atoms with van der Waals surface area (Å²) in [5.74, 6) is -0.106. The van der Waals surface area contributed by atoms with Crippen LogP contribution in [-0.4, -0.2) is 23.4 Å². The van der Waals surface area contributed by atoms with E-state index in [0.29, 0.717) is 17.7 Å². The first-order valence-electron chi connectivity index (χ1n) is 6.76. The number of benzene rings is 1. The lowest BCUT2D eigenvalue weighted by atomic mass is 10.1. The SMILES string of the molecule is Cc1cc(C)c([N+](=O)[O-])cc1NC(=O)CC1CCCN1. The first-order chi connectivity index (χ1) is 9.47. The zero-order chi connectivity index (χ0) is 14.7. The van der Waals surface area contributed by atoms with E-state index in [2.05, 4.69) is 10.6 Å². The van der Waals surface area contributed by atoms with Crippen LogP contribution in [0, 0.1) is 24.0 Å². The van der Waals surface area contributed by atoms with E-state index in [1.807, 2.05) is 6.92 Å². The Morgan fingerprint density at radius 3 is 2.80 bits per heavy atom. The number of anilines is 1. The molecule has 1 heterocycles. The highest BCUT2D eigenvalue weighted by molar-refractivity contribution is 5.92. The summed E-state index contributed by atoms with van der Waals surface area (Å²) in [4.78, 5) is 22.5. The van der Waals surface area contributed by atoms with Gasteiger partial charge in [-0.1, -0.05) is 0 Å². The lowest BCUT2D eigenvalue weighted by molar-refractivity contribution is -0.385. The number of hydrogen-bond donors (Lipinski definition) is 2. The highest BCUT2D eigenvalue weighted by Gasteiger charge is 2.19. The first-order valence-corrected chi connectivity index (χ1v) is 6.76. The maximum absolute atomic E-state index is 12.0. The minimum atomic E-state index is -0.428. The number of rotatable bonds is 4. The molecule has 2 N–H and O–H groups in total. The molecule has 1 aliphatic heterocycles. The Labute approximate surface area is 117 Å². The van der Waals surface area contributed by atoms with Crippen molar-refractivity contribution < 1.29 is 9.72 Å². The van der Waals surface area contributed by atoms with Gasteiger partial charge in [0.25, 0.3) is 5.69 Å². The lowest BCUT2D eigenvalue weighted by Gasteiger charge is -2.12. The second-order valence-electron chi connectivity index (χ2n) is 5.26. The molecule has 1 aliphatic rings. The van der Waals surface area contributed by atoms with Crippen LogP contribution < -0.4 is 10.6 Å². The largest absolute Gasteiger partial charge is 0.326 e. The van der Waals surface area contributed by atoms with Crippen molar-refractivity contribution >= 4 is 17.3 Å². The fourth-order valence-corrected chi connectivity index (χ4v) is 2.53. The Bertz CT molecular complexity index is 537. The molecule has 2 rings (SSSR count). The van der Waals surface area contributed by atoms with Crippen LogP contribution in [-0.2, 0) is 4.79 Å². The molecule has 1 unspecified atom stereocenters. The van der Waals surface area contributed by atoms with Crippen LogP contribution in [0.25, 0.3) is 0 Å². The van der Waals surface area contributed by atoms with E-state index in [1.54, 1.807) is 13.0 Å². The van der Waals surface area contributed by atoms with Gasteiger partial charge in [0, 0.05) is 24.1 Å². The molecule has 0 bridgehead atoms. The van der Waals surface area contributed by atoms with Crippen LogP contribution in [0.4, 0.5) is 11.4 Å². The van der Waals surface area contributed by atoms with Gasteiger partial charge in [-0.05, 0) is 44.9 Å². The third kappa shape index (κ3) is 3.33. The van der Waals surface area contributed by atoms with Gasteiger partial charge >= 0.3 is 0 Å². The highest BCUT2D eigenvalue weighted by atomic mass is 16.6. The van der Waals surface area contributed by atoms with E-state index < -0.39 is 4.92 Å². The molecule has 0 aromatic heterocycles. The second-order valence-corrected chi connectivity index (χ2v) is 5.26. The quantitative estimate of drug-likeness (QED) is 0.653. The van der Waals surface area contributed by atoms with Crippen molar-refractivity contribution in [3.8, 4) is 0 Å². The van der Waals surface area contributed by atoms with Crippen LogP contribution in [0.2, 0.25) is 0 Å². The average Bonchev–Trinajstić information content (AvgIpc) is 2.84. The van der Waals surface area contributed by atoms with Crippen LogP contribution >= 0.6 is 0 Å². The van der Waals surface area contributed by atoms with Gasteiger partial charge in [-0.2, -0.15) is 0 Å². The summed E-state index contributed by atoms with van der Waals surface area (Å²) >= 11 is 0. The normalized spacial score (nSPS) is 18.0. The molecule has 1 aromatic carbocycles. The topological polar surface area (TPSA) is 84.3 Å². The molecule has 1 saturated heterocycles. The first kappa shape index (κ1) is 14.5. The van der Waals surface area contributed by atoms with E-state index >= 15 is 0 Å². The maximum Gasteiger partial charge on any atom is 0.274 e. The van der Waals surface area contributed by atoms with Crippen molar-refractivity contribution in [2.75, 3.05) is 11.9 Å². The van der Waals surface area contributed by atoms with Gasteiger partial charge in [-0.15, -0.1) is 0 Å². The highest BCUT2D eigenvalue weighted by Crippen LogP contribution is 2.26. The molecule has 6 nitrogen and oxygen atoms in total. The Balaban J connectivity index is 2.09. The predicted octanol–water partition coefficient (Wildman–Crippen LogP) is 2.29. The fourth-order valence-electron chi connectivity index (χ4n) is 2.53. The molecule has 0 saturated carbocycles. The minimum absolute atomic E-state index is 0.0323. The average molecular weight is 277 g/mol. The molecule has 1 amide bonds. The third-order valence-electron chi connectivity index (χ3n) is 3.61. The van der Waals surface area contributed by atoms with Gasteiger partial charge in [0.1, 0.15) is 0 Å². The van der Waals surface area contributed by atoms with Gasteiger partial charge < -0.3 is 10.6 Å². The number of aryl methyl sites for hydroxylation is 2. The number of carbonyl (C=O) groups excluding carboxylic acids is 1. The summed E-state index contributed by atoms with van der Waals surface area (Å²) in [6.07, 6.45) is 2.49.